The zero-order valence-corrected chi connectivity index (χ0v) is 11.7. The highest BCUT2D eigenvalue weighted by molar-refractivity contribution is 7.92. The minimum absolute atomic E-state index is 0.0995. The van der Waals surface area contributed by atoms with Gasteiger partial charge in [0.25, 0.3) is 0 Å². The van der Waals surface area contributed by atoms with Crippen molar-refractivity contribution in [2.75, 3.05) is 6.26 Å². The lowest BCUT2D eigenvalue weighted by molar-refractivity contribution is -0.122. The largest absolute Gasteiger partial charge is 0.298 e. The van der Waals surface area contributed by atoms with Crippen molar-refractivity contribution < 1.29 is 13.2 Å². The van der Waals surface area contributed by atoms with Crippen LogP contribution in [0.25, 0.3) is 0 Å². The van der Waals surface area contributed by atoms with Crippen LogP contribution < -0.4 is 0 Å². The number of sulfone groups is 1. The SMILES string of the molecule is CC(C)(C(=O)CC1CC2CCC1C2)S(C)(=O)=O. The Morgan fingerprint density at radius 1 is 1.24 bits per heavy atom. The summed E-state index contributed by atoms with van der Waals surface area (Å²) >= 11 is 0. The van der Waals surface area contributed by atoms with Crippen molar-refractivity contribution in [1.29, 1.82) is 0 Å². The standard InChI is InChI=1S/C13H22O3S/c1-13(2,17(3,15)16)12(14)8-11-7-9-4-5-10(11)6-9/h9-11H,4-8H2,1-3H3. The zero-order valence-electron chi connectivity index (χ0n) is 10.9. The molecular formula is C13H22O3S. The first-order chi connectivity index (χ1) is 7.72. The average Bonchev–Trinajstić information content (AvgIpc) is 2.76. The maximum Gasteiger partial charge on any atom is 0.159 e. The smallest absolute Gasteiger partial charge is 0.159 e. The molecule has 17 heavy (non-hydrogen) atoms. The predicted molar refractivity (Wildman–Crippen MR) is 67.5 cm³/mol. The van der Waals surface area contributed by atoms with Gasteiger partial charge in [-0.3, -0.25) is 4.79 Å². The normalized spacial score (nSPS) is 33.0. The topological polar surface area (TPSA) is 51.2 Å². The van der Waals surface area contributed by atoms with Crippen molar-refractivity contribution in [2.45, 2.75) is 50.7 Å². The Kier molecular flexibility index (Phi) is 3.13. The molecule has 3 unspecified atom stereocenters. The van der Waals surface area contributed by atoms with Crippen molar-refractivity contribution in [3.05, 3.63) is 0 Å². The molecule has 3 nitrogen and oxygen atoms in total. The van der Waals surface area contributed by atoms with Gasteiger partial charge >= 0.3 is 0 Å². The lowest BCUT2D eigenvalue weighted by Gasteiger charge is -2.26. The van der Waals surface area contributed by atoms with Crippen LogP contribution in [0.15, 0.2) is 0 Å². The number of hydrogen-bond acceptors (Lipinski definition) is 3. The van der Waals surface area contributed by atoms with Gasteiger partial charge in [0.15, 0.2) is 15.6 Å². The van der Waals surface area contributed by atoms with Crippen molar-refractivity contribution in [2.24, 2.45) is 17.8 Å². The van der Waals surface area contributed by atoms with Crippen molar-refractivity contribution >= 4 is 15.6 Å². The van der Waals surface area contributed by atoms with E-state index in [4.69, 9.17) is 0 Å². The molecule has 2 rings (SSSR count). The van der Waals surface area contributed by atoms with Crippen LogP contribution in [0.1, 0.15) is 46.0 Å². The molecule has 0 heterocycles. The van der Waals surface area contributed by atoms with Gasteiger partial charge in [-0.2, -0.15) is 0 Å². The van der Waals surface area contributed by atoms with E-state index in [0.717, 1.165) is 18.6 Å². The minimum atomic E-state index is -3.31. The van der Waals surface area contributed by atoms with Gasteiger partial charge in [-0.1, -0.05) is 6.42 Å². The zero-order chi connectivity index (χ0) is 12.8. The maximum absolute atomic E-state index is 12.2. The molecule has 98 valence electrons. The highest BCUT2D eigenvalue weighted by Crippen LogP contribution is 2.50. The van der Waals surface area contributed by atoms with Gasteiger partial charge < -0.3 is 0 Å². The van der Waals surface area contributed by atoms with Crippen LogP contribution in [0.4, 0.5) is 0 Å². The molecule has 0 aliphatic heterocycles. The summed E-state index contributed by atoms with van der Waals surface area (Å²) in [4.78, 5) is 12.2. The van der Waals surface area contributed by atoms with Gasteiger partial charge in [0, 0.05) is 12.7 Å². The number of fused-ring (bicyclic) bond motifs is 2. The molecular weight excluding hydrogens is 236 g/mol. The van der Waals surface area contributed by atoms with E-state index in [1.807, 2.05) is 0 Å². The Bertz CT molecular complexity index is 422. The summed E-state index contributed by atoms with van der Waals surface area (Å²) in [7, 11) is -3.31. The third-order valence-corrected chi connectivity index (χ3v) is 7.01. The first-order valence-corrected chi connectivity index (χ1v) is 8.34. The molecule has 0 aromatic heterocycles. The summed E-state index contributed by atoms with van der Waals surface area (Å²) in [6, 6.07) is 0. The molecule has 3 atom stereocenters. The summed E-state index contributed by atoms with van der Waals surface area (Å²) in [5.41, 5.74) is 0. The van der Waals surface area contributed by atoms with Crippen LogP contribution in [0.5, 0.6) is 0 Å². The molecule has 2 bridgehead atoms. The van der Waals surface area contributed by atoms with E-state index >= 15 is 0 Å². The Balaban J connectivity index is 2.03. The Hall–Kier alpha value is -0.380. The number of carbonyl (C=O) groups excluding carboxylic acids is 1. The highest BCUT2D eigenvalue weighted by Gasteiger charge is 2.44. The van der Waals surface area contributed by atoms with Gasteiger partial charge in [0.2, 0.25) is 0 Å². The quantitative estimate of drug-likeness (QED) is 0.777. The summed E-state index contributed by atoms with van der Waals surface area (Å²) in [5, 5.41) is 0. The minimum Gasteiger partial charge on any atom is -0.298 e. The average molecular weight is 258 g/mol. The van der Waals surface area contributed by atoms with Gasteiger partial charge in [0.05, 0.1) is 0 Å². The summed E-state index contributed by atoms with van der Waals surface area (Å²) in [5.74, 6) is 1.83. The summed E-state index contributed by atoms with van der Waals surface area (Å²) < 4.78 is 22.0. The molecule has 0 amide bonds. The molecule has 0 aromatic carbocycles. The molecule has 2 saturated carbocycles. The molecule has 0 saturated heterocycles. The van der Waals surface area contributed by atoms with E-state index in [9.17, 15) is 13.2 Å². The van der Waals surface area contributed by atoms with E-state index in [1.54, 1.807) is 0 Å². The second kappa shape index (κ2) is 4.08. The van der Waals surface area contributed by atoms with E-state index in [0.29, 0.717) is 18.3 Å². The van der Waals surface area contributed by atoms with Gasteiger partial charge in [-0.25, -0.2) is 8.42 Å². The third-order valence-electron chi connectivity index (χ3n) is 4.93. The highest BCUT2D eigenvalue weighted by atomic mass is 32.2. The second-order valence-corrected chi connectivity index (χ2v) is 8.91. The second-order valence-electron chi connectivity index (χ2n) is 6.34. The summed E-state index contributed by atoms with van der Waals surface area (Å²) in [6.45, 7) is 3.08. The lowest BCUT2D eigenvalue weighted by atomic mass is 9.83. The molecule has 2 aliphatic rings. The maximum atomic E-state index is 12.2. The molecule has 2 fully saturated rings. The van der Waals surface area contributed by atoms with Crippen LogP contribution >= 0.6 is 0 Å². The monoisotopic (exact) mass is 258 g/mol. The fraction of sp³-hybridized carbons (Fsp3) is 0.923. The first kappa shape index (κ1) is 13.1. The number of hydrogen-bond donors (Lipinski definition) is 0. The lowest BCUT2D eigenvalue weighted by Crippen LogP contribution is -2.41. The van der Waals surface area contributed by atoms with Crippen LogP contribution in [-0.4, -0.2) is 25.2 Å². The molecule has 2 aliphatic carbocycles. The molecule has 0 aromatic rings. The van der Waals surface area contributed by atoms with Crippen LogP contribution in [-0.2, 0) is 14.6 Å². The summed E-state index contributed by atoms with van der Waals surface area (Å²) in [6.07, 6.45) is 6.56. The van der Waals surface area contributed by atoms with Gasteiger partial charge in [0.1, 0.15) is 4.75 Å². The van der Waals surface area contributed by atoms with Crippen LogP contribution in [0.2, 0.25) is 0 Å². The van der Waals surface area contributed by atoms with Gasteiger partial charge in [-0.05, 0) is 50.9 Å². The Labute approximate surface area is 104 Å². The number of Topliss-reactive ketones (excluding diaryl/α,β-unsaturated/α-hetero) is 1. The van der Waals surface area contributed by atoms with E-state index in [1.165, 1.54) is 33.1 Å². The molecule has 4 heteroatoms. The van der Waals surface area contributed by atoms with E-state index in [2.05, 4.69) is 0 Å². The number of rotatable bonds is 4. The van der Waals surface area contributed by atoms with Gasteiger partial charge in [-0.15, -0.1) is 0 Å². The van der Waals surface area contributed by atoms with E-state index < -0.39 is 14.6 Å². The van der Waals surface area contributed by atoms with Crippen molar-refractivity contribution in [3.8, 4) is 0 Å². The molecule has 0 spiro atoms. The van der Waals surface area contributed by atoms with Crippen molar-refractivity contribution in [1.82, 2.24) is 0 Å². The third kappa shape index (κ3) is 2.28. The van der Waals surface area contributed by atoms with Crippen LogP contribution in [0.3, 0.4) is 0 Å². The van der Waals surface area contributed by atoms with Crippen molar-refractivity contribution in [3.63, 3.8) is 0 Å². The van der Waals surface area contributed by atoms with E-state index in [-0.39, 0.29) is 5.78 Å². The molecule has 0 N–H and O–H groups in total. The Morgan fingerprint density at radius 3 is 2.29 bits per heavy atom. The predicted octanol–water partition coefficient (Wildman–Crippen LogP) is 2.21. The fourth-order valence-electron chi connectivity index (χ4n) is 3.32. The number of ketones is 1. The number of carbonyl (C=O) groups is 1. The molecule has 0 radical (unpaired) electrons. The fourth-order valence-corrected chi connectivity index (χ4v) is 3.81. The Morgan fingerprint density at radius 2 is 1.88 bits per heavy atom. The first-order valence-electron chi connectivity index (χ1n) is 6.44. The van der Waals surface area contributed by atoms with Crippen LogP contribution in [0, 0.1) is 17.8 Å².